The van der Waals surface area contributed by atoms with Gasteiger partial charge in [0.2, 0.25) is 15.9 Å². The number of nitrogens with zero attached hydrogens (tertiary/aromatic N) is 1. The summed E-state index contributed by atoms with van der Waals surface area (Å²) in [6, 6.07) is 12.3. The van der Waals surface area contributed by atoms with Crippen LogP contribution in [0.4, 0.5) is 5.69 Å². The lowest BCUT2D eigenvalue weighted by molar-refractivity contribution is -0.120. The Bertz CT molecular complexity index is 951. The third kappa shape index (κ3) is 5.26. The van der Waals surface area contributed by atoms with Crippen LogP contribution in [0, 0.1) is 12.8 Å². The SMILES string of the molecule is Cc1ccccc1CS(=O)(=O)N1CCC(C(=O)Nc2cc(Cl)cc(Cl)c2)CC1. The van der Waals surface area contributed by atoms with E-state index >= 15 is 0 Å². The third-order valence-electron chi connectivity index (χ3n) is 4.95. The summed E-state index contributed by atoms with van der Waals surface area (Å²) in [5, 5.41) is 3.71. The van der Waals surface area contributed by atoms with Crippen molar-refractivity contribution in [2.75, 3.05) is 18.4 Å². The highest BCUT2D eigenvalue weighted by atomic mass is 35.5. The van der Waals surface area contributed by atoms with E-state index in [-0.39, 0.29) is 17.6 Å². The second kappa shape index (κ2) is 8.82. The minimum absolute atomic E-state index is 0.0163. The average Bonchev–Trinajstić information content (AvgIpc) is 2.63. The van der Waals surface area contributed by atoms with Crippen LogP contribution < -0.4 is 5.32 Å². The number of hydrogen-bond donors (Lipinski definition) is 1. The van der Waals surface area contributed by atoms with E-state index in [1.807, 2.05) is 31.2 Å². The number of carbonyl (C=O) groups excluding carboxylic acids is 1. The van der Waals surface area contributed by atoms with Gasteiger partial charge in [-0.2, -0.15) is 0 Å². The zero-order chi connectivity index (χ0) is 20.3. The first-order valence-electron chi connectivity index (χ1n) is 9.04. The van der Waals surface area contributed by atoms with E-state index in [1.54, 1.807) is 18.2 Å². The maximum absolute atomic E-state index is 12.7. The van der Waals surface area contributed by atoms with Gasteiger partial charge in [-0.05, 0) is 49.1 Å². The molecule has 28 heavy (non-hydrogen) atoms. The molecule has 0 unspecified atom stereocenters. The molecule has 1 heterocycles. The number of benzene rings is 2. The van der Waals surface area contributed by atoms with Crippen molar-refractivity contribution in [3.63, 3.8) is 0 Å². The molecule has 2 aromatic carbocycles. The standard InChI is InChI=1S/C20H22Cl2N2O3S/c1-14-4-2-3-5-16(14)13-28(26,27)24-8-6-15(7-9-24)20(25)23-19-11-17(21)10-18(22)12-19/h2-5,10-12,15H,6-9,13H2,1H3,(H,23,25). The number of amides is 1. The zero-order valence-electron chi connectivity index (χ0n) is 15.5. The molecule has 1 fully saturated rings. The summed E-state index contributed by atoms with van der Waals surface area (Å²) in [7, 11) is -3.41. The van der Waals surface area contributed by atoms with Crippen LogP contribution in [-0.4, -0.2) is 31.7 Å². The molecule has 8 heteroatoms. The van der Waals surface area contributed by atoms with Gasteiger partial charge in [0.1, 0.15) is 0 Å². The molecule has 1 aliphatic heterocycles. The molecule has 1 aliphatic rings. The number of anilines is 1. The molecule has 0 aromatic heterocycles. The first-order chi connectivity index (χ1) is 13.2. The van der Waals surface area contributed by atoms with Crippen LogP contribution in [0.3, 0.4) is 0 Å². The lowest BCUT2D eigenvalue weighted by Gasteiger charge is -2.30. The molecule has 2 aromatic rings. The number of hydrogen-bond acceptors (Lipinski definition) is 3. The number of aryl methyl sites for hydroxylation is 1. The number of sulfonamides is 1. The quantitative estimate of drug-likeness (QED) is 0.744. The van der Waals surface area contributed by atoms with Crippen molar-refractivity contribution in [3.8, 4) is 0 Å². The fourth-order valence-corrected chi connectivity index (χ4v) is 5.52. The van der Waals surface area contributed by atoms with Gasteiger partial charge < -0.3 is 5.32 Å². The Kier molecular flexibility index (Phi) is 6.65. The van der Waals surface area contributed by atoms with Crippen molar-refractivity contribution >= 4 is 44.8 Å². The Morgan fingerprint density at radius 1 is 1.11 bits per heavy atom. The van der Waals surface area contributed by atoms with Crippen molar-refractivity contribution < 1.29 is 13.2 Å². The molecule has 150 valence electrons. The monoisotopic (exact) mass is 440 g/mol. The van der Waals surface area contributed by atoms with Gasteiger partial charge in [-0.15, -0.1) is 0 Å². The minimum atomic E-state index is -3.41. The molecule has 0 bridgehead atoms. The van der Waals surface area contributed by atoms with Crippen LogP contribution in [0.15, 0.2) is 42.5 Å². The Labute approximate surface area is 175 Å². The molecule has 5 nitrogen and oxygen atoms in total. The van der Waals surface area contributed by atoms with Gasteiger partial charge in [0.25, 0.3) is 0 Å². The minimum Gasteiger partial charge on any atom is -0.326 e. The highest BCUT2D eigenvalue weighted by molar-refractivity contribution is 7.88. The Morgan fingerprint density at radius 2 is 1.71 bits per heavy atom. The molecule has 1 saturated heterocycles. The van der Waals surface area contributed by atoms with Crippen LogP contribution in [0.1, 0.15) is 24.0 Å². The largest absolute Gasteiger partial charge is 0.326 e. The van der Waals surface area contributed by atoms with Crippen molar-refractivity contribution in [1.82, 2.24) is 4.31 Å². The van der Waals surface area contributed by atoms with Gasteiger partial charge in [0.05, 0.1) is 5.75 Å². The summed E-state index contributed by atoms with van der Waals surface area (Å²) in [5.41, 5.74) is 2.30. The summed E-state index contributed by atoms with van der Waals surface area (Å²) >= 11 is 11.9. The number of halogens is 2. The predicted octanol–water partition coefficient (Wildman–Crippen LogP) is 4.48. The molecular weight excluding hydrogens is 419 g/mol. The topological polar surface area (TPSA) is 66.5 Å². The van der Waals surface area contributed by atoms with Crippen molar-refractivity contribution in [1.29, 1.82) is 0 Å². The summed E-state index contributed by atoms with van der Waals surface area (Å²) in [5.74, 6) is -0.408. The summed E-state index contributed by atoms with van der Waals surface area (Å²) in [6.07, 6.45) is 0.959. The molecule has 1 N–H and O–H groups in total. The van der Waals surface area contributed by atoms with Gasteiger partial charge in [0, 0.05) is 34.7 Å². The van der Waals surface area contributed by atoms with Crippen LogP contribution in [-0.2, 0) is 20.6 Å². The molecule has 0 saturated carbocycles. The first-order valence-corrected chi connectivity index (χ1v) is 11.4. The van der Waals surface area contributed by atoms with Crippen molar-refractivity contribution in [3.05, 3.63) is 63.6 Å². The lowest BCUT2D eigenvalue weighted by atomic mass is 9.97. The lowest BCUT2D eigenvalue weighted by Crippen LogP contribution is -2.42. The van der Waals surface area contributed by atoms with Gasteiger partial charge in [-0.3, -0.25) is 4.79 Å². The molecule has 0 aliphatic carbocycles. The summed E-state index contributed by atoms with van der Waals surface area (Å²) in [4.78, 5) is 12.5. The number of carbonyl (C=O) groups is 1. The normalized spacial score (nSPS) is 16.1. The first kappa shape index (κ1) is 21.1. The predicted molar refractivity (Wildman–Crippen MR) is 113 cm³/mol. The van der Waals surface area contributed by atoms with E-state index in [9.17, 15) is 13.2 Å². The second-order valence-electron chi connectivity index (χ2n) is 7.00. The fourth-order valence-electron chi connectivity index (χ4n) is 3.33. The zero-order valence-corrected chi connectivity index (χ0v) is 17.8. The molecule has 0 atom stereocenters. The van der Waals surface area contributed by atoms with E-state index < -0.39 is 10.0 Å². The van der Waals surface area contributed by atoms with E-state index in [0.29, 0.717) is 41.7 Å². The van der Waals surface area contributed by atoms with Gasteiger partial charge in [-0.25, -0.2) is 12.7 Å². The molecule has 3 rings (SSSR count). The highest BCUT2D eigenvalue weighted by Gasteiger charge is 2.31. The Balaban J connectivity index is 1.59. The van der Waals surface area contributed by atoms with Gasteiger partial charge in [-0.1, -0.05) is 47.5 Å². The number of nitrogens with one attached hydrogen (secondary N) is 1. The van der Waals surface area contributed by atoms with Crippen molar-refractivity contribution in [2.24, 2.45) is 5.92 Å². The van der Waals surface area contributed by atoms with E-state index in [4.69, 9.17) is 23.2 Å². The number of rotatable bonds is 5. The van der Waals surface area contributed by atoms with Crippen LogP contribution >= 0.6 is 23.2 Å². The fraction of sp³-hybridized carbons (Fsp3) is 0.350. The van der Waals surface area contributed by atoms with Crippen molar-refractivity contribution in [2.45, 2.75) is 25.5 Å². The maximum Gasteiger partial charge on any atom is 0.227 e. The molecule has 1 amide bonds. The summed E-state index contributed by atoms with van der Waals surface area (Å²) in [6.45, 7) is 2.58. The number of piperidine rings is 1. The third-order valence-corrected chi connectivity index (χ3v) is 7.21. The molecular formula is C20H22Cl2N2O3S. The summed E-state index contributed by atoms with van der Waals surface area (Å²) < 4.78 is 27.0. The van der Waals surface area contributed by atoms with Gasteiger partial charge >= 0.3 is 0 Å². The maximum atomic E-state index is 12.7. The van der Waals surface area contributed by atoms with E-state index in [1.165, 1.54) is 4.31 Å². The second-order valence-corrected chi connectivity index (χ2v) is 9.85. The highest BCUT2D eigenvalue weighted by Crippen LogP contribution is 2.26. The van der Waals surface area contributed by atoms with Crippen LogP contribution in [0.5, 0.6) is 0 Å². The van der Waals surface area contributed by atoms with E-state index in [0.717, 1.165) is 11.1 Å². The van der Waals surface area contributed by atoms with Gasteiger partial charge in [0.15, 0.2) is 0 Å². The molecule has 0 radical (unpaired) electrons. The Morgan fingerprint density at radius 3 is 2.32 bits per heavy atom. The smallest absolute Gasteiger partial charge is 0.227 e. The van der Waals surface area contributed by atoms with Crippen LogP contribution in [0.25, 0.3) is 0 Å². The average molecular weight is 441 g/mol. The molecule has 0 spiro atoms. The van der Waals surface area contributed by atoms with E-state index in [2.05, 4.69) is 5.32 Å². The Hall–Kier alpha value is -1.60. The van der Waals surface area contributed by atoms with Crippen LogP contribution in [0.2, 0.25) is 10.0 Å².